The largest absolute Gasteiger partial charge is 0.342 e. The molecule has 0 saturated carbocycles. The molecule has 4 fully saturated rings. The second kappa shape index (κ2) is 28.1. The van der Waals surface area contributed by atoms with Crippen molar-refractivity contribution in [3.8, 4) is 0 Å². The van der Waals surface area contributed by atoms with Gasteiger partial charge < -0.3 is 50.7 Å². The SMILES string of the molecule is CN[C@@H](C)C(=O)N[C@H](C(=O)N1CCC[C@@H]1CN(CCc1ccccc1)C(=O)[C@@H]1CCCN1C(=O)c1ccc(C(=O)N2CCC[C@H]2C(=O)N(CCc2ccccc2)C[C@@H]2CCCN2C(=O)[C@@H](NC(=O)[C@H](C)NC)C(C)(C)C)cc1)C(C)(C)C. The van der Waals surface area contributed by atoms with Crippen LogP contribution in [0.5, 0.6) is 0 Å². The highest BCUT2D eigenvalue weighted by atomic mass is 16.2. The van der Waals surface area contributed by atoms with Gasteiger partial charge in [-0.1, -0.05) is 102 Å². The minimum absolute atomic E-state index is 0.176. The lowest BCUT2D eigenvalue weighted by Crippen LogP contribution is -2.59. The number of hydrogen-bond acceptors (Lipinski definition) is 10. The fourth-order valence-corrected chi connectivity index (χ4v) is 12.0. The molecule has 4 N–H and O–H groups in total. The average molecular weight is 1130 g/mol. The average Bonchev–Trinajstić information content (AvgIpc) is 4.37. The van der Waals surface area contributed by atoms with Gasteiger partial charge in [0.1, 0.15) is 24.2 Å². The molecule has 8 amide bonds. The Bertz CT molecular complexity index is 2510. The van der Waals surface area contributed by atoms with Gasteiger partial charge in [-0.15, -0.1) is 0 Å². The first-order valence-corrected chi connectivity index (χ1v) is 30.0. The number of likely N-dealkylation sites (N-methyl/N-ethyl adjacent to an activating group) is 2. The van der Waals surface area contributed by atoms with Gasteiger partial charge >= 0.3 is 0 Å². The number of nitrogens with one attached hydrogen (secondary N) is 4. The number of nitrogens with zero attached hydrogens (tertiary/aromatic N) is 6. The van der Waals surface area contributed by atoms with Crippen LogP contribution in [0.1, 0.15) is 139 Å². The molecular formula is C64H92N10O8. The minimum Gasteiger partial charge on any atom is -0.342 e. The quantitative estimate of drug-likeness (QED) is 0.102. The molecule has 8 atom stereocenters. The van der Waals surface area contributed by atoms with E-state index in [-0.39, 0.29) is 72.4 Å². The summed E-state index contributed by atoms with van der Waals surface area (Å²) in [6, 6.07) is 21.8. The molecule has 18 nitrogen and oxygen atoms in total. The van der Waals surface area contributed by atoms with Gasteiger partial charge in [-0.05, 0) is 138 Å². The molecule has 4 aliphatic rings. The van der Waals surface area contributed by atoms with E-state index in [9.17, 15) is 38.4 Å². The molecule has 0 aromatic heterocycles. The van der Waals surface area contributed by atoms with Crippen LogP contribution < -0.4 is 21.3 Å². The summed E-state index contributed by atoms with van der Waals surface area (Å²) in [5.74, 6) is -1.87. The van der Waals surface area contributed by atoms with Crippen molar-refractivity contribution in [2.45, 2.75) is 168 Å². The Morgan fingerprint density at radius 2 is 0.817 bits per heavy atom. The molecule has 4 aliphatic heterocycles. The number of likely N-dealkylation sites (tertiary alicyclic amines) is 4. The molecule has 4 saturated heterocycles. The molecule has 0 aliphatic carbocycles. The van der Waals surface area contributed by atoms with E-state index in [4.69, 9.17) is 0 Å². The Hall–Kier alpha value is -6.66. The first kappa shape index (κ1) is 62.9. The highest BCUT2D eigenvalue weighted by molar-refractivity contribution is 6.01. The van der Waals surface area contributed by atoms with E-state index in [0.717, 1.165) is 24.0 Å². The highest BCUT2D eigenvalue weighted by Crippen LogP contribution is 2.31. The van der Waals surface area contributed by atoms with Crippen LogP contribution in [0.25, 0.3) is 0 Å². The van der Waals surface area contributed by atoms with E-state index in [1.165, 1.54) is 0 Å². The molecule has 18 heteroatoms. The lowest BCUT2D eigenvalue weighted by atomic mass is 9.85. The zero-order chi connectivity index (χ0) is 59.5. The van der Waals surface area contributed by atoms with Crippen molar-refractivity contribution in [1.29, 1.82) is 0 Å². The number of amides is 8. The third-order valence-corrected chi connectivity index (χ3v) is 17.3. The van der Waals surface area contributed by atoms with Crippen molar-refractivity contribution in [2.75, 3.05) is 66.5 Å². The Morgan fingerprint density at radius 3 is 1.15 bits per heavy atom. The number of carbonyl (C=O) groups is 8. The topological polar surface area (TPSA) is 204 Å². The second-order valence-corrected chi connectivity index (χ2v) is 25.2. The Morgan fingerprint density at radius 1 is 0.488 bits per heavy atom. The summed E-state index contributed by atoms with van der Waals surface area (Å²) in [5, 5.41) is 11.9. The van der Waals surface area contributed by atoms with E-state index in [0.29, 0.717) is 102 Å². The molecule has 4 heterocycles. The monoisotopic (exact) mass is 1130 g/mol. The van der Waals surface area contributed by atoms with Crippen LogP contribution >= 0.6 is 0 Å². The van der Waals surface area contributed by atoms with Gasteiger partial charge in [0.25, 0.3) is 11.8 Å². The Labute approximate surface area is 486 Å². The third kappa shape index (κ3) is 15.5. The van der Waals surface area contributed by atoms with Gasteiger partial charge in [0.2, 0.25) is 35.4 Å². The van der Waals surface area contributed by atoms with Crippen LogP contribution in [-0.4, -0.2) is 191 Å². The summed E-state index contributed by atoms with van der Waals surface area (Å²) in [6.07, 6.45) is 6.27. The van der Waals surface area contributed by atoms with Crippen LogP contribution in [0.15, 0.2) is 84.9 Å². The third-order valence-electron chi connectivity index (χ3n) is 17.3. The van der Waals surface area contributed by atoms with Gasteiger partial charge in [-0.2, -0.15) is 0 Å². The first-order chi connectivity index (χ1) is 39.0. The molecule has 7 rings (SSSR count). The molecule has 0 radical (unpaired) electrons. The summed E-state index contributed by atoms with van der Waals surface area (Å²) >= 11 is 0. The standard InChI is InChI=1S/C64H92N10O8/c1-43(65-9)55(75)67-53(63(3,4)5)61(81)71-35-17-25-49(71)41-69(39-33-45-21-13-11-14-22-45)59(79)51-27-19-37-73(51)57(77)47-29-31-48(32-30-47)58(78)74-38-20-28-52(74)60(80)70(40-34-46-23-15-12-16-24-46)42-50-26-18-36-72(50)62(82)54(64(6,7)8)68-56(76)44(2)66-10/h11-16,21-24,29-32,43-44,49-54,65-66H,17-20,25-28,33-42H2,1-10H3,(H,67,75)(H,68,76)/t43-,44-,49-,50+,51-,52-,53+,54+/m0/s1. The normalized spacial score (nSPS) is 20.7. The maximum absolute atomic E-state index is 15.0. The molecule has 82 heavy (non-hydrogen) atoms. The number of rotatable bonds is 22. The summed E-state index contributed by atoms with van der Waals surface area (Å²) in [6.45, 7) is 18.2. The predicted octanol–water partition coefficient (Wildman–Crippen LogP) is 5.30. The Kier molecular flexibility index (Phi) is 21.5. The van der Waals surface area contributed by atoms with Gasteiger partial charge in [-0.3, -0.25) is 38.4 Å². The minimum atomic E-state index is -0.782. The molecular weight excluding hydrogens is 1040 g/mol. The summed E-state index contributed by atoms with van der Waals surface area (Å²) < 4.78 is 0. The maximum atomic E-state index is 15.0. The van der Waals surface area contributed by atoms with Gasteiger partial charge in [0.15, 0.2) is 0 Å². The van der Waals surface area contributed by atoms with Crippen LogP contribution in [-0.2, 0) is 41.6 Å². The first-order valence-electron chi connectivity index (χ1n) is 30.0. The van der Waals surface area contributed by atoms with E-state index in [1.807, 2.05) is 122 Å². The number of carbonyl (C=O) groups excluding carboxylic acids is 8. The van der Waals surface area contributed by atoms with Crippen LogP contribution in [0, 0.1) is 10.8 Å². The van der Waals surface area contributed by atoms with Crippen LogP contribution in [0.2, 0.25) is 0 Å². The second-order valence-electron chi connectivity index (χ2n) is 25.2. The number of hydrogen-bond donors (Lipinski definition) is 4. The number of benzene rings is 3. The maximum Gasteiger partial charge on any atom is 0.254 e. The fraction of sp³-hybridized carbons (Fsp3) is 0.594. The van der Waals surface area contributed by atoms with Crippen molar-refractivity contribution >= 4 is 47.3 Å². The van der Waals surface area contributed by atoms with E-state index in [1.54, 1.807) is 62.0 Å². The van der Waals surface area contributed by atoms with Crippen LogP contribution in [0.3, 0.4) is 0 Å². The molecule has 3 aromatic carbocycles. The summed E-state index contributed by atoms with van der Waals surface area (Å²) in [4.78, 5) is 125. The summed E-state index contributed by atoms with van der Waals surface area (Å²) in [5.41, 5.74) is 1.63. The molecule has 446 valence electrons. The molecule has 0 spiro atoms. The smallest absolute Gasteiger partial charge is 0.254 e. The molecule has 0 bridgehead atoms. The molecule has 0 unspecified atom stereocenters. The molecule has 3 aromatic rings. The van der Waals surface area contributed by atoms with Crippen molar-refractivity contribution in [2.24, 2.45) is 10.8 Å². The van der Waals surface area contributed by atoms with Crippen molar-refractivity contribution in [3.63, 3.8) is 0 Å². The fourth-order valence-electron chi connectivity index (χ4n) is 12.0. The van der Waals surface area contributed by atoms with Crippen molar-refractivity contribution in [1.82, 2.24) is 50.7 Å². The van der Waals surface area contributed by atoms with Gasteiger partial charge in [-0.25, -0.2) is 0 Å². The van der Waals surface area contributed by atoms with Crippen LogP contribution in [0.4, 0.5) is 0 Å². The summed E-state index contributed by atoms with van der Waals surface area (Å²) in [7, 11) is 3.40. The lowest BCUT2D eigenvalue weighted by molar-refractivity contribution is -0.142. The predicted molar refractivity (Wildman–Crippen MR) is 317 cm³/mol. The highest BCUT2D eigenvalue weighted by Gasteiger charge is 2.45. The van der Waals surface area contributed by atoms with Gasteiger partial charge in [0, 0.05) is 75.6 Å². The zero-order valence-electron chi connectivity index (χ0n) is 50.4. The lowest BCUT2D eigenvalue weighted by Gasteiger charge is -2.38. The van der Waals surface area contributed by atoms with E-state index >= 15 is 0 Å². The van der Waals surface area contributed by atoms with E-state index < -0.39 is 47.1 Å². The van der Waals surface area contributed by atoms with E-state index in [2.05, 4.69) is 21.3 Å². The van der Waals surface area contributed by atoms with Gasteiger partial charge in [0.05, 0.1) is 12.1 Å². The Balaban J connectivity index is 1.05. The van der Waals surface area contributed by atoms with Crippen molar-refractivity contribution < 1.29 is 38.4 Å². The van der Waals surface area contributed by atoms with Crippen molar-refractivity contribution in [3.05, 3.63) is 107 Å². The zero-order valence-corrected chi connectivity index (χ0v) is 50.4.